The Labute approximate surface area is 91.1 Å². The molecule has 1 aliphatic rings. The summed E-state index contributed by atoms with van der Waals surface area (Å²) in [6.45, 7) is -1.83. The molecule has 1 rings (SSSR count). The molecule has 0 radical (unpaired) electrons. The van der Waals surface area contributed by atoms with E-state index in [4.69, 9.17) is 20.1 Å². The van der Waals surface area contributed by atoms with E-state index in [1.165, 1.54) is 0 Å². The van der Waals surface area contributed by atoms with Gasteiger partial charge >= 0.3 is 5.97 Å². The van der Waals surface area contributed by atoms with E-state index in [2.05, 4.69) is 5.32 Å². The van der Waals surface area contributed by atoms with Gasteiger partial charge in [-0.1, -0.05) is 0 Å². The van der Waals surface area contributed by atoms with E-state index in [9.17, 15) is 15.0 Å². The number of aliphatic hydroxyl groups excluding tert-OH is 4. The molecule has 0 aromatic heterocycles. The maximum Gasteiger partial charge on any atom is 0.317 e. The Morgan fingerprint density at radius 2 is 2.00 bits per heavy atom. The predicted octanol–water partition coefficient (Wildman–Crippen LogP) is -3.54. The second kappa shape index (κ2) is 5.04. The van der Waals surface area contributed by atoms with Gasteiger partial charge in [-0.05, 0) is 0 Å². The average molecular weight is 237 g/mol. The molecule has 0 aromatic carbocycles. The predicted molar refractivity (Wildman–Crippen MR) is 49.4 cm³/mol. The molecule has 4 atom stereocenters. The van der Waals surface area contributed by atoms with Crippen LogP contribution in [-0.2, 0) is 9.53 Å². The minimum Gasteiger partial charge on any atom is -0.480 e. The molecular formula is C8H15NO7. The van der Waals surface area contributed by atoms with Gasteiger partial charge in [-0.2, -0.15) is 0 Å². The maximum atomic E-state index is 10.4. The Balaban J connectivity index is 2.75. The van der Waals surface area contributed by atoms with Crippen LogP contribution < -0.4 is 5.32 Å². The van der Waals surface area contributed by atoms with Crippen LogP contribution in [0.1, 0.15) is 0 Å². The smallest absolute Gasteiger partial charge is 0.317 e. The lowest BCUT2D eigenvalue weighted by Gasteiger charge is -2.30. The summed E-state index contributed by atoms with van der Waals surface area (Å²) in [6.07, 6.45) is -3.98. The highest BCUT2D eigenvalue weighted by atomic mass is 16.6. The van der Waals surface area contributed by atoms with E-state index in [0.717, 1.165) is 0 Å². The van der Waals surface area contributed by atoms with Gasteiger partial charge in [-0.3, -0.25) is 10.1 Å². The summed E-state index contributed by atoms with van der Waals surface area (Å²) in [7, 11) is 0. The number of aliphatic hydroxyl groups is 4. The fourth-order valence-corrected chi connectivity index (χ4v) is 1.59. The third kappa shape index (κ3) is 2.32. The highest BCUT2D eigenvalue weighted by Gasteiger charge is 2.53. The monoisotopic (exact) mass is 237 g/mol. The van der Waals surface area contributed by atoms with E-state index in [1.54, 1.807) is 0 Å². The molecule has 0 amide bonds. The van der Waals surface area contributed by atoms with Gasteiger partial charge in [-0.25, -0.2) is 0 Å². The molecule has 16 heavy (non-hydrogen) atoms. The molecule has 1 saturated heterocycles. The number of nitrogens with one attached hydrogen (secondary N) is 1. The first-order valence-corrected chi connectivity index (χ1v) is 4.69. The van der Waals surface area contributed by atoms with Crippen molar-refractivity contribution in [2.24, 2.45) is 0 Å². The van der Waals surface area contributed by atoms with Gasteiger partial charge in [0, 0.05) is 0 Å². The number of carboxylic acids is 1. The molecule has 0 bridgehead atoms. The van der Waals surface area contributed by atoms with Gasteiger partial charge in [0.05, 0.1) is 19.8 Å². The number of rotatable bonds is 5. The Hall–Kier alpha value is -0.770. The first-order valence-electron chi connectivity index (χ1n) is 4.69. The van der Waals surface area contributed by atoms with Gasteiger partial charge in [0.2, 0.25) is 0 Å². The molecule has 6 N–H and O–H groups in total. The van der Waals surface area contributed by atoms with E-state index in [-0.39, 0.29) is 0 Å². The molecular weight excluding hydrogens is 222 g/mol. The largest absolute Gasteiger partial charge is 0.480 e. The van der Waals surface area contributed by atoms with Crippen LogP contribution in [0.4, 0.5) is 0 Å². The molecule has 1 aliphatic heterocycles. The summed E-state index contributed by atoms with van der Waals surface area (Å²) in [5.41, 5.74) is -1.76. The summed E-state index contributed by atoms with van der Waals surface area (Å²) >= 11 is 0. The SMILES string of the molecule is O=C(O)CNC1(CO)O[C@H](CO)[C@@H](O)[C@@H]1O. The lowest BCUT2D eigenvalue weighted by atomic mass is 10.0. The summed E-state index contributed by atoms with van der Waals surface area (Å²) in [6, 6.07) is 0. The molecule has 1 heterocycles. The maximum absolute atomic E-state index is 10.4. The van der Waals surface area contributed by atoms with Crippen LogP contribution in [0.25, 0.3) is 0 Å². The van der Waals surface area contributed by atoms with Gasteiger partial charge in [0.25, 0.3) is 0 Å². The van der Waals surface area contributed by atoms with Crippen molar-refractivity contribution in [3.8, 4) is 0 Å². The normalized spacial score (nSPS) is 38.9. The first-order chi connectivity index (χ1) is 7.46. The fourth-order valence-electron chi connectivity index (χ4n) is 1.59. The van der Waals surface area contributed by atoms with Crippen LogP contribution in [0.5, 0.6) is 0 Å². The minimum absolute atomic E-state index is 0.547. The van der Waals surface area contributed by atoms with Crippen LogP contribution in [0.15, 0.2) is 0 Å². The van der Waals surface area contributed by atoms with Crippen LogP contribution in [0, 0.1) is 0 Å². The average Bonchev–Trinajstić information content (AvgIpc) is 2.51. The molecule has 1 unspecified atom stereocenters. The van der Waals surface area contributed by atoms with Crippen molar-refractivity contribution in [1.82, 2.24) is 5.32 Å². The Bertz CT molecular complexity index is 261. The van der Waals surface area contributed by atoms with Crippen molar-refractivity contribution in [2.45, 2.75) is 24.0 Å². The van der Waals surface area contributed by atoms with Crippen LogP contribution in [-0.4, -0.2) is 75.3 Å². The highest BCUT2D eigenvalue weighted by Crippen LogP contribution is 2.28. The minimum atomic E-state index is -1.76. The highest BCUT2D eigenvalue weighted by molar-refractivity contribution is 5.69. The molecule has 1 fully saturated rings. The summed E-state index contributed by atoms with van der Waals surface area (Å²) < 4.78 is 5.05. The van der Waals surface area contributed by atoms with Crippen molar-refractivity contribution in [2.75, 3.05) is 19.8 Å². The zero-order valence-electron chi connectivity index (χ0n) is 8.41. The third-order valence-corrected chi connectivity index (χ3v) is 2.50. The van der Waals surface area contributed by atoms with Crippen LogP contribution in [0.2, 0.25) is 0 Å². The van der Waals surface area contributed by atoms with E-state index in [1.807, 2.05) is 0 Å². The van der Waals surface area contributed by atoms with Crippen molar-refractivity contribution in [3.05, 3.63) is 0 Å². The van der Waals surface area contributed by atoms with Crippen molar-refractivity contribution < 1.29 is 35.1 Å². The zero-order valence-corrected chi connectivity index (χ0v) is 8.41. The van der Waals surface area contributed by atoms with E-state index >= 15 is 0 Å². The van der Waals surface area contributed by atoms with E-state index in [0.29, 0.717) is 0 Å². The second-order valence-electron chi connectivity index (χ2n) is 3.57. The van der Waals surface area contributed by atoms with Gasteiger partial charge in [0.1, 0.15) is 18.3 Å². The quantitative estimate of drug-likeness (QED) is 0.289. The molecule has 0 spiro atoms. The zero-order chi connectivity index (χ0) is 12.3. The number of ether oxygens (including phenoxy) is 1. The van der Waals surface area contributed by atoms with Gasteiger partial charge in [0.15, 0.2) is 5.72 Å². The Morgan fingerprint density at radius 3 is 2.38 bits per heavy atom. The number of aliphatic carboxylic acids is 1. The van der Waals surface area contributed by atoms with Crippen molar-refractivity contribution in [1.29, 1.82) is 0 Å². The Kier molecular flexibility index (Phi) is 4.19. The van der Waals surface area contributed by atoms with Gasteiger partial charge < -0.3 is 30.3 Å². The van der Waals surface area contributed by atoms with E-state index < -0.39 is 49.8 Å². The van der Waals surface area contributed by atoms with Crippen LogP contribution in [0.3, 0.4) is 0 Å². The number of hydrogen-bond acceptors (Lipinski definition) is 7. The fraction of sp³-hybridized carbons (Fsp3) is 0.875. The molecule has 8 heteroatoms. The molecule has 94 valence electrons. The number of carbonyl (C=O) groups is 1. The first kappa shape index (κ1) is 13.3. The number of carboxylic acid groups (broad SMARTS) is 1. The third-order valence-electron chi connectivity index (χ3n) is 2.50. The van der Waals surface area contributed by atoms with Gasteiger partial charge in [-0.15, -0.1) is 0 Å². The summed E-state index contributed by atoms with van der Waals surface area (Å²) in [4.78, 5) is 10.4. The lowest BCUT2D eigenvalue weighted by Crippen LogP contribution is -2.58. The number of hydrogen-bond donors (Lipinski definition) is 6. The van der Waals surface area contributed by atoms with Crippen molar-refractivity contribution in [3.63, 3.8) is 0 Å². The topological polar surface area (TPSA) is 139 Å². The molecule has 0 aromatic rings. The standard InChI is InChI=1S/C8H15NO7/c10-2-4-6(14)7(15)8(3-11,16-4)9-1-5(12)13/h4,6-7,9-11,14-15H,1-3H2,(H,12,13)/t4-,6-,7+,8?/m1/s1. The molecule has 0 aliphatic carbocycles. The molecule has 8 nitrogen and oxygen atoms in total. The lowest BCUT2D eigenvalue weighted by molar-refractivity contribution is -0.150. The Morgan fingerprint density at radius 1 is 1.38 bits per heavy atom. The summed E-state index contributed by atoms with van der Waals surface area (Å²) in [5, 5.41) is 47.8. The molecule has 0 saturated carbocycles. The summed E-state index contributed by atoms with van der Waals surface area (Å²) in [5.74, 6) is -1.20. The van der Waals surface area contributed by atoms with Crippen LogP contribution >= 0.6 is 0 Å². The second-order valence-corrected chi connectivity index (χ2v) is 3.57. The van der Waals surface area contributed by atoms with Crippen molar-refractivity contribution >= 4 is 5.97 Å².